The number of nitrogens with zero attached hydrogens (tertiary/aromatic N) is 1. The van der Waals surface area contributed by atoms with Crippen LogP contribution in [0.4, 0.5) is 17.1 Å². The molecule has 0 aliphatic heterocycles. The quantitative estimate of drug-likeness (QED) is 0.163. The van der Waals surface area contributed by atoms with E-state index < -0.39 is 0 Å². The monoisotopic (exact) mass is 671 g/mol. The topological polar surface area (TPSA) is 3.24 Å². The van der Waals surface area contributed by atoms with Gasteiger partial charge in [0.2, 0.25) is 0 Å². The summed E-state index contributed by atoms with van der Waals surface area (Å²) >= 11 is 0. The van der Waals surface area contributed by atoms with Crippen LogP contribution < -0.4 is 4.90 Å². The Morgan fingerprint density at radius 1 is 0.423 bits per heavy atom. The molecule has 0 N–H and O–H groups in total. The summed E-state index contributed by atoms with van der Waals surface area (Å²) in [7, 11) is 0. The second-order valence-electron chi connectivity index (χ2n) is 15.2. The van der Waals surface area contributed by atoms with E-state index in [1.54, 1.807) is 0 Å². The number of benzene rings is 7. The Labute approximate surface area is 309 Å². The largest absolute Gasteiger partial charge is 0.310 e. The zero-order valence-electron chi connectivity index (χ0n) is 30.2. The molecule has 2 aliphatic carbocycles. The highest BCUT2D eigenvalue weighted by Crippen LogP contribution is 2.51. The van der Waals surface area contributed by atoms with Crippen LogP contribution in [0.25, 0.3) is 44.5 Å². The Bertz CT molecular complexity index is 2330. The van der Waals surface area contributed by atoms with Gasteiger partial charge in [-0.25, -0.2) is 0 Å². The van der Waals surface area contributed by atoms with Crippen LogP contribution in [0.15, 0.2) is 170 Å². The maximum absolute atomic E-state index is 2.45. The van der Waals surface area contributed by atoms with Crippen molar-refractivity contribution < 1.29 is 0 Å². The molecule has 0 radical (unpaired) electrons. The maximum atomic E-state index is 2.45. The lowest BCUT2D eigenvalue weighted by atomic mass is 9.82. The molecule has 1 heteroatoms. The summed E-state index contributed by atoms with van der Waals surface area (Å²) in [5.41, 5.74) is 17.8. The van der Waals surface area contributed by atoms with Crippen LogP contribution in [0.3, 0.4) is 0 Å². The molecule has 1 saturated carbocycles. The first-order valence-corrected chi connectivity index (χ1v) is 19.0. The number of anilines is 3. The molecule has 7 aromatic rings. The highest BCUT2D eigenvalue weighted by Gasteiger charge is 2.35. The lowest BCUT2D eigenvalue weighted by molar-refractivity contribution is 0.443. The third-order valence-electron chi connectivity index (χ3n) is 11.7. The average Bonchev–Trinajstić information content (AvgIpc) is 3.44. The van der Waals surface area contributed by atoms with E-state index in [-0.39, 0.29) is 5.41 Å². The minimum absolute atomic E-state index is 0.0695. The summed E-state index contributed by atoms with van der Waals surface area (Å²) in [6.07, 6.45) is 6.68. The first-order chi connectivity index (χ1) is 25.6. The van der Waals surface area contributed by atoms with E-state index in [2.05, 4.69) is 189 Å². The predicted octanol–water partition coefficient (Wildman–Crippen LogP) is 14.5. The molecule has 1 fully saturated rings. The Hall–Kier alpha value is -5.66. The van der Waals surface area contributed by atoms with E-state index >= 15 is 0 Å². The van der Waals surface area contributed by atoms with Crippen LogP contribution in [0.1, 0.15) is 68.6 Å². The van der Waals surface area contributed by atoms with Gasteiger partial charge in [-0.1, -0.05) is 167 Å². The van der Waals surface area contributed by atoms with Crippen molar-refractivity contribution in [2.75, 3.05) is 4.90 Å². The molecular weight excluding hydrogens is 627 g/mol. The molecule has 254 valence electrons. The molecule has 0 unspecified atom stereocenters. The van der Waals surface area contributed by atoms with Gasteiger partial charge in [0.05, 0.1) is 0 Å². The highest BCUT2D eigenvalue weighted by atomic mass is 15.1. The lowest BCUT2D eigenvalue weighted by Gasteiger charge is -2.29. The molecule has 0 saturated heterocycles. The van der Waals surface area contributed by atoms with Gasteiger partial charge < -0.3 is 4.90 Å². The third-order valence-corrected chi connectivity index (χ3v) is 11.7. The van der Waals surface area contributed by atoms with Crippen LogP contribution in [0, 0.1) is 0 Å². The van der Waals surface area contributed by atoms with Gasteiger partial charge in [-0.2, -0.15) is 0 Å². The molecule has 0 bridgehead atoms. The number of fused-ring (bicyclic) bond motifs is 3. The van der Waals surface area contributed by atoms with Crippen molar-refractivity contribution in [1.29, 1.82) is 0 Å². The lowest BCUT2D eigenvalue weighted by Crippen LogP contribution is -2.16. The van der Waals surface area contributed by atoms with Crippen LogP contribution in [-0.4, -0.2) is 0 Å². The standard InChI is InChI=1S/C51H45N/c1-51(2)48-24-13-12-21-46(48)47-34-33-43(35-49(47)51)52(41-29-25-37(26-30-41)36-15-6-3-7-16-36)42-31-27-39(28-32-42)45-23-14-22-44(38-17-8-4-9-18-38)50(45)40-19-10-5-11-20-40/h4-5,8-14,17-36H,3,6-7,15-16H2,1-2H3. The van der Waals surface area contributed by atoms with E-state index in [4.69, 9.17) is 0 Å². The van der Waals surface area contributed by atoms with Crippen molar-refractivity contribution in [3.8, 4) is 44.5 Å². The van der Waals surface area contributed by atoms with Crippen LogP contribution in [-0.2, 0) is 5.41 Å². The summed E-state index contributed by atoms with van der Waals surface area (Å²) in [4.78, 5) is 2.45. The minimum atomic E-state index is -0.0695. The highest BCUT2D eigenvalue weighted by molar-refractivity contribution is 5.95. The van der Waals surface area contributed by atoms with Crippen molar-refractivity contribution in [2.24, 2.45) is 0 Å². The van der Waals surface area contributed by atoms with E-state index in [9.17, 15) is 0 Å². The fourth-order valence-corrected chi connectivity index (χ4v) is 8.97. The Kier molecular flexibility index (Phi) is 8.36. The van der Waals surface area contributed by atoms with Gasteiger partial charge in [0.25, 0.3) is 0 Å². The van der Waals surface area contributed by atoms with E-state index in [0.29, 0.717) is 5.92 Å². The van der Waals surface area contributed by atoms with Crippen molar-refractivity contribution >= 4 is 17.1 Å². The molecule has 0 heterocycles. The van der Waals surface area contributed by atoms with Gasteiger partial charge in [-0.3, -0.25) is 0 Å². The number of hydrogen-bond donors (Lipinski definition) is 0. The molecule has 52 heavy (non-hydrogen) atoms. The summed E-state index contributed by atoms with van der Waals surface area (Å²) in [5, 5.41) is 0. The smallest absolute Gasteiger partial charge is 0.0465 e. The predicted molar refractivity (Wildman–Crippen MR) is 221 cm³/mol. The second-order valence-corrected chi connectivity index (χ2v) is 15.2. The summed E-state index contributed by atoms with van der Waals surface area (Å²) in [6.45, 7) is 4.74. The first kappa shape index (κ1) is 32.3. The zero-order valence-corrected chi connectivity index (χ0v) is 30.2. The third kappa shape index (κ3) is 5.75. The summed E-state index contributed by atoms with van der Waals surface area (Å²) < 4.78 is 0. The Morgan fingerprint density at radius 3 is 1.62 bits per heavy atom. The van der Waals surface area contributed by atoms with Crippen LogP contribution in [0.5, 0.6) is 0 Å². The molecular formula is C51H45N. The van der Waals surface area contributed by atoms with Gasteiger partial charge in [0.15, 0.2) is 0 Å². The molecule has 0 spiro atoms. The van der Waals surface area contributed by atoms with E-state index in [1.165, 1.54) is 105 Å². The SMILES string of the molecule is CC1(C)c2ccccc2-c2ccc(N(c3ccc(-c4cccc(-c5ccccc5)c4-c4ccccc4)cc3)c3ccc(C4CCCCC4)cc3)cc21. The van der Waals surface area contributed by atoms with Crippen molar-refractivity contribution in [1.82, 2.24) is 0 Å². The molecule has 9 rings (SSSR count). The van der Waals surface area contributed by atoms with Crippen LogP contribution >= 0.6 is 0 Å². The number of hydrogen-bond acceptors (Lipinski definition) is 1. The number of rotatable bonds is 7. The van der Waals surface area contributed by atoms with Crippen molar-refractivity contribution in [3.05, 3.63) is 187 Å². The Balaban J connectivity index is 1.15. The second kappa shape index (κ2) is 13.5. The molecule has 0 amide bonds. The fraction of sp³-hybridized carbons (Fsp3) is 0.176. The van der Waals surface area contributed by atoms with Crippen molar-refractivity contribution in [2.45, 2.75) is 57.3 Å². The molecule has 1 nitrogen and oxygen atoms in total. The maximum Gasteiger partial charge on any atom is 0.0465 e. The van der Waals surface area contributed by atoms with Gasteiger partial charge in [-0.05, 0) is 116 Å². The molecule has 7 aromatic carbocycles. The molecule has 0 aromatic heterocycles. The molecule has 0 atom stereocenters. The first-order valence-electron chi connectivity index (χ1n) is 19.0. The van der Waals surface area contributed by atoms with Gasteiger partial charge in [-0.15, -0.1) is 0 Å². The molecule has 2 aliphatic rings. The zero-order chi connectivity index (χ0) is 35.1. The van der Waals surface area contributed by atoms with Gasteiger partial charge in [0.1, 0.15) is 0 Å². The van der Waals surface area contributed by atoms with Crippen molar-refractivity contribution in [3.63, 3.8) is 0 Å². The Morgan fingerprint density at radius 2 is 0.942 bits per heavy atom. The van der Waals surface area contributed by atoms with Crippen LogP contribution in [0.2, 0.25) is 0 Å². The fourth-order valence-electron chi connectivity index (χ4n) is 8.97. The normalized spacial score (nSPS) is 14.8. The van der Waals surface area contributed by atoms with E-state index in [0.717, 1.165) is 5.69 Å². The summed E-state index contributed by atoms with van der Waals surface area (Å²) in [5.74, 6) is 0.681. The van der Waals surface area contributed by atoms with Gasteiger partial charge in [0, 0.05) is 22.5 Å². The van der Waals surface area contributed by atoms with Gasteiger partial charge >= 0.3 is 0 Å². The minimum Gasteiger partial charge on any atom is -0.310 e. The van der Waals surface area contributed by atoms with E-state index in [1.807, 2.05) is 0 Å². The average molecular weight is 672 g/mol. The summed E-state index contributed by atoms with van der Waals surface area (Å²) in [6, 6.07) is 63.0.